The number of aliphatic hydroxyl groups is 1. The van der Waals surface area contributed by atoms with Crippen molar-refractivity contribution < 1.29 is 5.11 Å². The number of nitrogens with zero attached hydrogens (tertiary/aromatic N) is 2. The molecule has 4 N–H and O–H groups in total. The predicted octanol–water partition coefficient (Wildman–Crippen LogP) is 1.73. The highest BCUT2D eigenvalue weighted by molar-refractivity contribution is 6.02. The standard InChI is InChI=1S/C15H20N4O/c1-10(20)7-8-19(2)15-12(14(16)17)9-11-5-3-4-6-13(11)18-15/h3-6,9-10,20H,7-8H2,1-2H3,(H3,16,17). The Bertz CT molecular complexity index is 624. The van der Waals surface area contributed by atoms with Crippen LogP contribution in [0.4, 0.5) is 5.82 Å². The highest BCUT2D eigenvalue weighted by Gasteiger charge is 2.13. The van der Waals surface area contributed by atoms with Crippen LogP contribution >= 0.6 is 0 Å². The lowest BCUT2D eigenvalue weighted by atomic mass is 10.1. The third kappa shape index (κ3) is 3.05. The maximum Gasteiger partial charge on any atom is 0.140 e. The van der Waals surface area contributed by atoms with Crippen molar-refractivity contribution in [2.75, 3.05) is 18.5 Å². The molecular weight excluding hydrogens is 252 g/mol. The van der Waals surface area contributed by atoms with E-state index in [9.17, 15) is 5.11 Å². The Balaban J connectivity index is 2.43. The lowest BCUT2D eigenvalue weighted by Gasteiger charge is -2.22. The van der Waals surface area contributed by atoms with Crippen molar-refractivity contribution in [3.8, 4) is 0 Å². The van der Waals surface area contributed by atoms with Gasteiger partial charge in [0.05, 0.1) is 17.2 Å². The summed E-state index contributed by atoms with van der Waals surface area (Å²) in [4.78, 5) is 6.52. The SMILES string of the molecule is CC(O)CCN(C)c1nc2ccccc2cc1C(=N)N. The Hall–Kier alpha value is -2.14. The second-order valence-electron chi connectivity index (χ2n) is 5.03. The Morgan fingerprint density at radius 2 is 2.15 bits per heavy atom. The van der Waals surface area contributed by atoms with Crippen molar-refractivity contribution >= 4 is 22.6 Å². The van der Waals surface area contributed by atoms with Gasteiger partial charge in [-0.25, -0.2) is 4.98 Å². The van der Waals surface area contributed by atoms with E-state index in [0.717, 1.165) is 10.9 Å². The van der Waals surface area contributed by atoms with Crippen molar-refractivity contribution in [1.82, 2.24) is 4.98 Å². The highest BCUT2D eigenvalue weighted by atomic mass is 16.3. The number of hydrogen-bond donors (Lipinski definition) is 3. The highest BCUT2D eigenvalue weighted by Crippen LogP contribution is 2.22. The zero-order valence-corrected chi connectivity index (χ0v) is 11.8. The minimum atomic E-state index is -0.362. The van der Waals surface area contributed by atoms with E-state index in [1.165, 1.54) is 0 Å². The third-order valence-corrected chi connectivity index (χ3v) is 3.24. The lowest BCUT2D eigenvalue weighted by molar-refractivity contribution is 0.187. The molecule has 1 aromatic carbocycles. The smallest absolute Gasteiger partial charge is 0.140 e. The predicted molar refractivity (Wildman–Crippen MR) is 82.3 cm³/mol. The summed E-state index contributed by atoms with van der Waals surface area (Å²) >= 11 is 0. The molecule has 1 atom stereocenters. The maximum atomic E-state index is 9.38. The molecule has 2 rings (SSSR count). The van der Waals surface area contributed by atoms with E-state index >= 15 is 0 Å². The largest absolute Gasteiger partial charge is 0.393 e. The fraction of sp³-hybridized carbons (Fsp3) is 0.333. The summed E-state index contributed by atoms with van der Waals surface area (Å²) in [5, 5.41) is 18.1. The van der Waals surface area contributed by atoms with E-state index in [-0.39, 0.29) is 11.9 Å². The van der Waals surface area contributed by atoms with E-state index in [2.05, 4.69) is 4.98 Å². The molecule has 0 spiro atoms. The quantitative estimate of drug-likeness (QED) is 0.571. The van der Waals surface area contributed by atoms with E-state index in [1.54, 1.807) is 6.92 Å². The van der Waals surface area contributed by atoms with Crippen molar-refractivity contribution in [3.05, 3.63) is 35.9 Å². The fourth-order valence-electron chi connectivity index (χ4n) is 2.08. The average Bonchev–Trinajstić information content (AvgIpc) is 2.43. The van der Waals surface area contributed by atoms with Gasteiger partial charge in [-0.15, -0.1) is 0 Å². The van der Waals surface area contributed by atoms with Crippen molar-refractivity contribution in [2.45, 2.75) is 19.4 Å². The molecule has 0 aliphatic rings. The molecule has 0 fully saturated rings. The molecule has 0 bridgehead atoms. The first-order chi connectivity index (χ1) is 9.49. The Morgan fingerprint density at radius 1 is 1.45 bits per heavy atom. The number of rotatable bonds is 5. The van der Waals surface area contributed by atoms with Crippen LogP contribution in [0.3, 0.4) is 0 Å². The minimum absolute atomic E-state index is 0.00199. The van der Waals surface area contributed by atoms with Crippen LogP contribution in [0.2, 0.25) is 0 Å². The number of amidine groups is 1. The number of aliphatic hydroxyl groups excluding tert-OH is 1. The number of para-hydroxylation sites is 1. The van der Waals surface area contributed by atoms with Gasteiger partial charge in [-0.1, -0.05) is 18.2 Å². The number of nitrogens with two attached hydrogens (primary N) is 1. The van der Waals surface area contributed by atoms with E-state index in [1.807, 2.05) is 42.3 Å². The molecule has 0 aliphatic heterocycles. The number of nitrogen functional groups attached to an aromatic ring is 1. The number of benzene rings is 1. The molecule has 1 aromatic heterocycles. The second-order valence-corrected chi connectivity index (χ2v) is 5.03. The molecular formula is C15H20N4O. The number of hydrogen-bond acceptors (Lipinski definition) is 4. The van der Waals surface area contributed by atoms with Gasteiger partial charge in [-0.05, 0) is 25.5 Å². The number of nitrogens with one attached hydrogen (secondary N) is 1. The number of pyridine rings is 1. The molecule has 0 saturated heterocycles. The van der Waals surface area contributed by atoms with Gasteiger partial charge in [0.1, 0.15) is 11.7 Å². The third-order valence-electron chi connectivity index (χ3n) is 3.24. The van der Waals surface area contributed by atoms with Crippen molar-refractivity contribution in [2.24, 2.45) is 5.73 Å². The molecule has 0 radical (unpaired) electrons. The van der Waals surface area contributed by atoms with Crippen LogP contribution in [0, 0.1) is 5.41 Å². The molecule has 0 amide bonds. The van der Waals surface area contributed by atoms with Crippen LogP contribution < -0.4 is 10.6 Å². The average molecular weight is 272 g/mol. The summed E-state index contributed by atoms with van der Waals surface area (Å²) < 4.78 is 0. The van der Waals surface area contributed by atoms with Gasteiger partial charge in [-0.2, -0.15) is 0 Å². The van der Waals surface area contributed by atoms with E-state index < -0.39 is 0 Å². The summed E-state index contributed by atoms with van der Waals surface area (Å²) in [5.41, 5.74) is 7.16. The minimum Gasteiger partial charge on any atom is -0.393 e. The van der Waals surface area contributed by atoms with Gasteiger partial charge in [0.25, 0.3) is 0 Å². The Morgan fingerprint density at radius 3 is 2.80 bits per heavy atom. The topological polar surface area (TPSA) is 86.2 Å². The first kappa shape index (κ1) is 14.3. The monoisotopic (exact) mass is 272 g/mol. The number of aromatic nitrogens is 1. The van der Waals surface area contributed by atoms with Gasteiger partial charge < -0.3 is 15.7 Å². The Kier molecular flexibility index (Phi) is 4.20. The van der Waals surface area contributed by atoms with Crippen LogP contribution in [-0.4, -0.2) is 35.6 Å². The number of fused-ring (bicyclic) bond motifs is 1. The summed E-state index contributed by atoms with van der Waals surface area (Å²) in [6, 6.07) is 9.64. The van der Waals surface area contributed by atoms with Crippen LogP contribution in [0.1, 0.15) is 18.9 Å². The first-order valence-electron chi connectivity index (χ1n) is 6.62. The first-order valence-corrected chi connectivity index (χ1v) is 6.62. The zero-order chi connectivity index (χ0) is 14.7. The molecule has 1 heterocycles. The van der Waals surface area contributed by atoms with Crippen LogP contribution in [0.15, 0.2) is 30.3 Å². The molecule has 2 aromatic rings. The summed E-state index contributed by atoms with van der Waals surface area (Å²) in [6.45, 7) is 2.41. The second kappa shape index (κ2) is 5.88. The lowest BCUT2D eigenvalue weighted by Crippen LogP contribution is -2.26. The maximum absolute atomic E-state index is 9.38. The van der Waals surface area contributed by atoms with Crippen LogP contribution in [0.5, 0.6) is 0 Å². The molecule has 5 heteroatoms. The summed E-state index contributed by atoms with van der Waals surface area (Å²) in [6.07, 6.45) is 0.279. The van der Waals surface area contributed by atoms with Gasteiger partial charge in [0.15, 0.2) is 0 Å². The molecule has 0 aliphatic carbocycles. The van der Waals surface area contributed by atoms with Crippen molar-refractivity contribution in [3.63, 3.8) is 0 Å². The zero-order valence-electron chi connectivity index (χ0n) is 11.8. The van der Waals surface area contributed by atoms with Gasteiger partial charge >= 0.3 is 0 Å². The van der Waals surface area contributed by atoms with Gasteiger partial charge in [0, 0.05) is 19.0 Å². The van der Waals surface area contributed by atoms with Gasteiger partial charge in [0.2, 0.25) is 0 Å². The van der Waals surface area contributed by atoms with Gasteiger partial charge in [-0.3, -0.25) is 5.41 Å². The Labute approximate surface area is 118 Å². The molecule has 0 saturated carbocycles. The summed E-state index contributed by atoms with van der Waals surface area (Å²) in [7, 11) is 1.89. The van der Waals surface area contributed by atoms with Crippen molar-refractivity contribution in [1.29, 1.82) is 5.41 Å². The molecule has 106 valence electrons. The van der Waals surface area contributed by atoms with E-state index in [0.29, 0.717) is 24.3 Å². The molecule has 1 unspecified atom stereocenters. The van der Waals surface area contributed by atoms with Crippen LogP contribution in [0.25, 0.3) is 10.9 Å². The fourth-order valence-corrected chi connectivity index (χ4v) is 2.08. The van der Waals surface area contributed by atoms with E-state index in [4.69, 9.17) is 11.1 Å². The summed E-state index contributed by atoms with van der Waals surface area (Å²) in [5.74, 6) is 0.680. The number of anilines is 1. The molecule has 5 nitrogen and oxygen atoms in total. The normalized spacial score (nSPS) is 12.3. The van der Waals surface area contributed by atoms with Crippen LogP contribution in [-0.2, 0) is 0 Å². The molecule has 20 heavy (non-hydrogen) atoms.